The third-order valence-corrected chi connectivity index (χ3v) is 3.11. The summed E-state index contributed by atoms with van der Waals surface area (Å²) in [4.78, 5) is 0. The van der Waals surface area contributed by atoms with E-state index in [4.69, 9.17) is 4.74 Å². The Balaban J connectivity index is 2.04. The number of hydrogen-bond acceptors (Lipinski definition) is 5. The Morgan fingerprint density at radius 3 is 2.90 bits per heavy atom. The van der Waals surface area contributed by atoms with E-state index in [2.05, 4.69) is 15.5 Å². The van der Waals surface area contributed by atoms with Crippen LogP contribution < -0.4 is 10.1 Å². The van der Waals surface area contributed by atoms with Crippen molar-refractivity contribution >= 4 is 0 Å². The number of phenols is 1. The molecule has 0 aliphatic rings. The monoisotopic (exact) mass is 276 g/mol. The van der Waals surface area contributed by atoms with E-state index in [0.717, 1.165) is 11.4 Å². The summed E-state index contributed by atoms with van der Waals surface area (Å²) < 4.78 is 7.24. The number of aromatic nitrogens is 3. The van der Waals surface area contributed by atoms with Gasteiger partial charge in [0.2, 0.25) is 0 Å². The van der Waals surface area contributed by atoms with E-state index in [1.165, 1.54) is 0 Å². The first-order valence-corrected chi connectivity index (χ1v) is 6.64. The van der Waals surface area contributed by atoms with Crippen LogP contribution in [0.3, 0.4) is 0 Å². The average molecular weight is 276 g/mol. The number of aromatic hydroxyl groups is 1. The fourth-order valence-corrected chi connectivity index (χ4v) is 2.02. The summed E-state index contributed by atoms with van der Waals surface area (Å²) in [6.07, 6.45) is 1.67. The number of hydrogen-bond donors (Lipinski definition) is 2. The van der Waals surface area contributed by atoms with Crippen molar-refractivity contribution in [3.05, 3.63) is 35.9 Å². The first kappa shape index (κ1) is 14.3. The van der Waals surface area contributed by atoms with Gasteiger partial charge in [-0.2, -0.15) is 0 Å². The maximum absolute atomic E-state index is 10.1. The smallest absolute Gasteiger partial charge is 0.162 e. The van der Waals surface area contributed by atoms with Crippen LogP contribution in [0.25, 0.3) is 0 Å². The van der Waals surface area contributed by atoms with Crippen LogP contribution in [-0.2, 0) is 13.6 Å². The molecule has 20 heavy (non-hydrogen) atoms. The second-order valence-electron chi connectivity index (χ2n) is 4.60. The van der Waals surface area contributed by atoms with Crippen molar-refractivity contribution in [2.45, 2.75) is 26.4 Å². The summed E-state index contributed by atoms with van der Waals surface area (Å²) in [6.45, 7) is 4.95. The van der Waals surface area contributed by atoms with Gasteiger partial charge in [0, 0.05) is 19.2 Å². The number of para-hydroxylation sites is 1. The molecule has 6 heteroatoms. The minimum Gasteiger partial charge on any atom is -0.504 e. The van der Waals surface area contributed by atoms with Crippen LogP contribution in [0.15, 0.2) is 24.5 Å². The Morgan fingerprint density at radius 2 is 2.25 bits per heavy atom. The van der Waals surface area contributed by atoms with Crippen molar-refractivity contribution in [3.63, 3.8) is 0 Å². The zero-order valence-corrected chi connectivity index (χ0v) is 12.0. The number of aryl methyl sites for hydroxylation is 1. The highest BCUT2D eigenvalue weighted by Gasteiger charge is 2.13. The highest BCUT2D eigenvalue weighted by molar-refractivity contribution is 5.45. The quantitative estimate of drug-likeness (QED) is 0.841. The van der Waals surface area contributed by atoms with Crippen molar-refractivity contribution in [1.29, 1.82) is 0 Å². The molecule has 0 spiro atoms. The lowest BCUT2D eigenvalue weighted by Gasteiger charge is -2.15. The molecule has 2 N–H and O–H groups in total. The average Bonchev–Trinajstić information content (AvgIpc) is 2.86. The van der Waals surface area contributed by atoms with Gasteiger partial charge in [-0.15, -0.1) is 10.2 Å². The molecule has 0 aliphatic carbocycles. The van der Waals surface area contributed by atoms with Gasteiger partial charge in [-0.05, 0) is 19.9 Å². The summed E-state index contributed by atoms with van der Waals surface area (Å²) in [5.41, 5.74) is 0.796. The van der Waals surface area contributed by atoms with E-state index in [1.54, 1.807) is 12.4 Å². The molecule has 0 fully saturated rings. The van der Waals surface area contributed by atoms with Gasteiger partial charge in [0.15, 0.2) is 11.5 Å². The maximum atomic E-state index is 10.1. The van der Waals surface area contributed by atoms with Crippen LogP contribution in [0.4, 0.5) is 0 Å². The first-order chi connectivity index (χ1) is 9.63. The number of rotatable bonds is 6. The minimum absolute atomic E-state index is 0.0395. The Morgan fingerprint density at radius 1 is 1.45 bits per heavy atom. The number of benzene rings is 1. The van der Waals surface area contributed by atoms with E-state index in [9.17, 15) is 5.11 Å². The molecule has 1 aromatic carbocycles. The Kier molecular flexibility index (Phi) is 4.57. The van der Waals surface area contributed by atoms with Crippen molar-refractivity contribution in [3.8, 4) is 11.5 Å². The van der Waals surface area contributed by atoms with E-state index in [-0.39, 0.29) is 11.8 Å². The minimum atomic E-state index is 0.0395. The topological polar surface area (TPSA) is 72.2 Å². The summed E-state index contributed by atoms with van der Waals surface area (Å²) in [6, 6.07) is 5.54. The van der Waals surface area contributed by atoms with Gasteiger partial charge in [-0.1, -0.05) is 12.1 Å². The van der Waals surface area contributed by atoms with Gasteiger partial charge in [0.05, 0.1) is 12.6 Å². The summed E-state index contributed by atoms with van der Waals surface area (Å²) in [7, 11) is 1.90. The first-order valence-electron chi connectivity index (χ1n) is 6.64. The zero-order chi connectivity index (χ0) is 14.5. The molecular weight excluding hydrogens is 256 g/mol. The molecule has 0 bridgehead atoms. The number of nitrogens with one attached hydrogen (secondary N) is 1. The number of phenolic OH excluding ortho intramolecular Hbond substituents is 1. The molecule has 1 aromatic heterocycles. The van der Waals surface area contributed by atoms with Gasteiger partial charge in [-0.25, -0.2) is 0 Å². The van der Waals surface area contributed by atoms with Crippen molar-refractivity contribution in [2.75, 3.05) is 6.61 Å². The van der Waals surface area contributed by atoms with Crippen LogP contribution in [0.5, 0.6) is 11.5 Å². The molecule has 2 aromatic rings. The van der Waals surface area contributed by atoms with Crippen LogP contribution >= 0.6 is 0 Å². The third-order valence-electron chi connectivity index (χ3n) is 3.11. The van der Waals surface area contributed by atoms with Crippen LogP contribution in [0.1, 0.15) is 31.3 Å². The molecule has 1 heterocycles. The molecule has 0 aliphatic heterocycles. The zero-order valence-electron chi connectivity index (χ0n) is 12.0. The Bertz CT molecular complexity index is 568. The predicted molar refractivity (Wildman–Crippen MR) is 75.5 cm³/mol. The second kappa shape index (κ2) is 6.38. The van der Waals surface area contributed by atoms with Gasteiger partial charge in [0.25, 0.3) is 0 Å². The normalized spacial score (nSPS) is 12.3. The lowest BCUT2D eigenvalue weighted by molar-refractivity contribution is 0.316. The fourth-order valence-electron chi connectivity index (χ4n) is 2.02. The van der Waals surface area contributed by atoms with Gasteiger partial charge in [-0.3, -0.25) is 0 Å². The molecule has 0 amide bonds. The van der Waals surface area contributed by atoms with E-state index < -0.39 is 0 Å². The lowest BCUT2D eigenvalue weighted by atomic mass is 10.1. The Labute approximate surface area is 118 Å². The van der Waals surface area contributed by atoms with E-state index >= 15 is 0 Å². The summed E-state index contributed by atoms with van der Waals surface area (Å²) >= 11 is 0. The highest BCUT2D eigenvalue weighted by atomic mass is 16.5. The van der Waals surface area contributed by atoms with E-state index in [0.29, 0.717) is 18.9 Å². The molecule has 0 radical (unpaired) electrons. The highest BCUT2D eigenvalue weighted by Crippen LogP contribution is 2.29. The fraction of sp³-hybridized carbons (Fsp3) is 0.429. The predicted octanol–water partition coefficient (Wildman–Crippen LogP) is 1.77. The van der Waals surface area contributed by atoms with Crippen molar-refractivity contribution in [1.82, 2.24) is 20.1 Å². The summed E-state index contributed by atoms with van der Waals surface area (Å²) in [5, 5.41) is 21.4. The summed E-state index contributed by atoms with van der Waals surface area (Å²) in [5.74, 6) is 1.55. The molecule has 1 atom stereocenters. The van der Waals surface area contributed by atoms with E-state index in [1.807, 2.05) is 37.6 Å². The van der Waals surface area contributed by atoms with Gasteiger partial charge >= 0.3 is 0 Å². The van der Waals surface area contributed by atoms with Crippen LogP contribution in [0, 0.1) is 0 Å². The SMILES string of the molecule is CCOc1cccc(CNC(C)c2nncn2C)c1O. The lowest BCUT2D eigenvalue weighted by Crippen LogP contribution is -2.21. The molecule has 2 rings (SSSR count). The molecule has 6 nitrogen and oxygen atoms in total. The molecular formula is C14H20N4O2. The van der Waals surface area contributed by atoms with Crippen molar-refractivity contribution in [2.24, 2.45) is 7.05 Å². The molecule has 1 unspecified atom stereocenters. The third kappa shape index (κ3) is 3.08. The van der Waals surface area contributed by atoms with Crippen molar-refractivity contribution < 1.29 is 9.84 Å². The van der Waals surface area contributed by atoms with Gasteiger partial charge in [0.1, 0.15) is 12.2 Å². The second-order valence-corrected chi connectivity index (χ2v) is 4.60. The molecule has 0 saturated heterocycles. The number of nitrogens with zero attached hydrogens (tertiary/aromatic N) is 3. The van der Waals surface area contributed by atoms with Crippen LogP contribution in [0.2, 0.25) is 0 Å². The Hall–Kier alpha value is -2.08. The number of ether oxygens (including phenoxy) is 1. The molecule has 108 valence electrons. The largest absolute Gasteiger partial charge is 0.504 e. The van der Waals surface area contributed by atoms with Gasteiger partial charge < -0.3 is 19.7 Å². The standard InChI is InChI=1S/C14H20N4O2/c1-4-20-12-7-5-6-11(13(12)19)8-15-10(2)14-17-16-9-18(14)3/h5-7,9-10,15,19H,4,8H2,1-3H3. The maximum Gasteiger partial charge on any atom is 0.162 e. The molecule has 0 saturated carbocycles. The van der Waals surface area contributed by atoms with Crippen LogP contribution in [-0.4, -0.2) is 26.5 Å².